The van der Waals surface area contributed by atoms with E-state index in [9.17, 15) is 13.4 Å². The normalized spacial score (nSPS) is 13.5. The smallest absolute Gasteiger partial charge is 0.255 e. The molecule has 0 heterocycles. The number of likely N-dealkylation sites (N-methyl/N-ethyl adjacent to an activating group) is 1. The summed E-state index contributed by atoms with van der Waals surface area (Å²) in [5.41, 5.74) is 0.612. The minimum absolute atomic E-state index is 0.0991. The number of rotatable bonds is 6. The summed E-state index contributed by atoms with van der Waals surface area (Å²) in [5, 5.41) is 11.5. The van der Waals surface area contributed by atoms with Gasteiger partial charge in [0, 0.05) is 22.7 Å². The summed E-state index contributed by atoms with van der Waals surface area (Å²) in [7, 11) is -1.24. The summed E-state index contributed by atoms with van der Waals surface area (Å²) in [6, 6.07) is 10.1. The van der Waals surface area contributed by atoms with Crippen molar-refractivity contribution in [3.8, 4) is 0 Å². The summed E-state index contributed by atoms with van der Waals surface area (Å²) in [4.78, 5) is 12.7. The SMILES string of the molecule is C=S(=O)(c1cccc(C(=O)Nc2ccc(F)c(Cl)c2)c1)N(C)CCO. The Morgan fingerprint density at radius 3 is 2.72 bits per heavy atom. The molecule has 0 spiro atoms. The van der Waals surface area contributed by atoms with E-state index in [-0.39, 0.29) is 23.7 Å². The van der Waals surface area contributed by atoms with Crippen LogP contribution in [-0.2, 0) is 9.71 Å². The lowest BCUT2D eigenvalue weighted by molar-refractivity contribution is 0.102. The summed E-state index contributed by atoms with van der Waals surface area (Å²) in [6.07, 6.45) is 0. The number of nitrogens with one attached hydrogen (secondary N) is 1. The van der Waals surface area contributed by atoms with Gasteiger partial charge in [0.25, 0.3) is 5.91 Å². The minimum atomic E-state index is -2.82. The van der Waals surface area contributed by atoms with E-state index < -0.39 is 21.4 Å². The molecule has 2 aromatic rings. The fraction of sp³-hybridized carbons (Fsp3) is 0.176. The van der Waals surface area contributed by atoms with Crippen LogP contribution in [0.4, 0.5) is 10.1 Å². The van der Waals surface area contributed by atoms with Crippen LogP contribution in [0.1, 0.15) is 10.4 Å². The van der Waals surface area contributed by atoms with Crippen LogP contribution in [-0.4, -0.2) is 45.6 Å². The zero-order valence-electron chi connectivity index (χ0n) is 13.5. The Morgan fingerprint density at radius 2 is 2.08 bits per heavy atom. The van der Waals surface area contributed by atoms with Crippen molar-refractivity contribution in [1.29, 1.82) is 0 Å². The van der Waals surface area contributed by atoms with Crippen LogP contribution in [0.5, 0.6) is 0 Å². The Bertz CT molecular complexity index is 887. The lowest BCUT2D eigenvalue weighted by Crippen LogP contribution is -2.29. The third-order valence-corrected chi connectivity index (χ3v) is 6.03. The van der Waals surface area contributed by atoms with Crippen LogP contribution in [0.2, 0.25) is 5.02 Å². The molecule has 1 unspecified atom stereocenters. The molecule has 0 radical (unpaired) electrons. The van der Waals surface area contributed by atoms with Crippen molar-refractivity contribution in [2.24, 2.45) is 0 Å². The molecule has 0 aliphatic carbocycles. The van der Waals surface area contributed by atoms with Gasteiger partial charge in [-0.2, -0.15) is 0 Å². The van der Waals surface area contributed by atoms with Crippen LogP contribution in [0, 0.1) is 5.82 Å². The molecule has 1 amide bonds. The molecule has 134 valence electrons. The van der Waals surface area contributed by atoms with Crippen molar-refractivity contribution < 1.29 is 18.5 Å². The zero-order valence-corrected chi connectivity index (χ0v) is 15.1. The van der Waals surface area contributed by atoms with Gasteiger partial charge in [0.05, 0.1) is 21.3 Å². The second-order valence-electron chi connectivity index (χ2n) is 5.33. The van der Waals surface area contributed by atoms with Gasteiger partial charge in [-0.3, -0.25) is 4.79 Å². The van der Waals surface area contributed by atoms with E-state index in [1.54, 1.807) is 25.2 Å². The average molecular weight is 385 g/mol. The predicted octanol–water partition coefficient (Wildman–Crippen LogP) is 2.65. The molecule has 5 nitrogen and oxygen atoms in total. The highest BCUT2D eigenvalue weighted by molar-refractivity contribution is 7.98. The standard InChI is InChI=1S/C17H18ClFN2O3S/c1-21(8-9-22)25(2,24)14-5-3-4-12(10-14)17(23)20-13-6-7-16(19)15(18)11-13/h3-7,10-11,22H,2,8-9H2,1H3,(H,20,23). The number of benzene rings is 2. The van der Waals surface area contributed by atoms with Crippen molar-refractivity contribution in [3.63, 3.8) is 0 Å². The fourth-order valence-electron chi connectivity index (χ4n) is 2.08. The molecule has 0 aliphatic heterocycles. The topological polar surface area (TPSA) is 69.6 Å². The van der Waals surface area contributed by atoms with Gasteiger partial charge in [0.2, 0.25) is 0 Å². The molecule has 0 saturated heterocycles. The molecule has 1 atom stereocenters. The summed E-state index contributed by atoms with van der Waals surface area (Å²) >= 11 is 5.69. The third kappa shape index (κ3) is 4.58. The van der Waals surface area contributed by atoms with Crippen molar-refractivity contribution >= 4 is 38.8 Å². The number of aliphatic hydroxyl groups is 1. The van der Waals surface area contributed by atoms with E-state index in [2.05, 4.69) is 11.2 Å². The molecule has 0 aliphatic rings. The molecule has 8 heteroatoms. The molecule has 0 bridgehead atoms. The van der Waals surface area contributed by atoms with Gasteiger partial charge in [0.1, 0.15) is 5.82 Å². The van der Waals surface area contributed by atoms with Crippen molar-refractivity contribution in [2.45, 2.75) is 4.90 Å². The number of hydrogen-bond acceptors (Lipinski definition) is 3. The number of nitrogens with zero attached hydrogens (tertiary/aromatic N) is 1. The molecule has 2 rings (SSSR count). The van der Waals surface area contributed by atoms with E-state index in [1.807, 2.05) is 0 Å². The van der Waals surface area contributed by atoms with Crippen LogP contribution < -0.4 is 5.32 Å². The zero-order chi connectivity index (χ0) is 18.6. The summed E-state index contributed by atoms with van der Waals surface area (Å²) < 4.78 is 27.4. The first kappa shape index (κ1) is 19.4. The number of hydrogen-bond donors (Lipinski definition) is 2. The van der Waals surface area contributed by atoms with Gasteiger partial charge in [-0.1, -0.05) is 17.7 Å². The first-order valence-electron chi connectivity index (χ1n) is 7.31. The lowest BCUT2D eigenvalue weighted by Gasteiger charge is -2.21. The summed E-state index contributed by atoms with van der Waals surface area (Å²) in [6.45, 7) is 0.0291. The predicted molar refractivity (Wildman–Crippen MR) is 99.1 cm³/mol. The first-order chi connectivity index (χ1) is 11.8. The Hall–Kier alpha value is -1.93. The van der Waals surface area contributed by atoms with Gasteiger partial charge < -0.3 is 10.4 Å². The van der Waals surface area contributed by atoms with Crippen LogP contribution in [0.15, 0.2) is 47.4 Å². The number of aliphatic hydroxyl groups excluding tert-OH is 1. The van der Waals surface area contributed by atoms with Gasteiger partial charge in [-0.25, -0.2) is 12.9 Å². The lowest BCUT2D eigenvalue weighted by atomic mass is 10.2. The van der Waals surface area contributed by atoms with Crippen LogP contribution in [0.25, 0.3) is 0 Å². The van der Waals surface area contributed by atoms with Gasteiger partial charge >= 0.3 is 0 Å². The molecular formula is C17H18ClFN2O3S. The molecule has 2 N–H and O–H groups in total. The highest BCUT2D eigenvalue weighted by Gasteiger charge is 2.16. The maximum absolute atomic E-state index is 13.2. The highest BCUT2D eigenvalue weighted by atomic mass is 35.5. The van der Waals surface area contributed by atoms with Crippen molar-refractivity contribution in [1.82, 2.24) is 4.31 Å². The maximum atomic E-state index is 13.2. The van der Waals surface area contributed by atoms with E-state index >= 15 is 0 Å². The van der Waals surface area contributed by atoms with Gasteiger partial charge in [-0.05, 0) is 49.3 Å². The fourth-order valence-corrected chi connectivity index (χ4v) is 3.60. The molecular weight excluding hydrogens is 367 g/mol. The maximum Gasteiger partial charge on any atom is 0.255 e. The molecule has 0 saturated carbocycles. The third-order valence-electron chi connectivity index (χ3n) is 3.56. The van der Waals surface area contributed by atoms with Gasteiger partial charge in [-0.15, -0.1) is 0 Å². The van der Waals surface area contributed by atoms with Crippen molar-refractivity contribution in [3.05, 3.63) is 58.9 Å². The number of carbonyl (C=O) groups excluding carboxylic acids is 1. The van der Waals surface area contributed by atoms with Crippen molar-refractivity contribution in [2.75, 3.05) is 25.5 Å². The van der Waals surface area contributed by atoms with E-state index in [0.717, 1.165) is 6.07 Å². The molecule has 0 aromatic heterocycles. The largest absolute Gasteiger partial charge is 0.395 e. The second-order valence-corrected chi connectivity index (χ2v) is 8.11. The monoisotopic (exact) mass is 384 g/mol. The highest BCUT2D eigenvalue weighted by Crippen LogP contribution is 2.21. The Kier molecular flexibility index (Phi) is 6.18. The van der Waals surface area contributed by atoms with E-state index in [1.165, 1.54) is 22.5 Å². The number of anilines is 1. The minimum Gasteiger partial charge on any atom is -0.395 e. The Labute approximate surface area is 151 Å². The number of halogens is 2. The van der Waals surface area contributed by atoms with Gasteiger partial charge in [0.15, 0.2) is 0 Å². The van der Waals surface area contributed by atoms with E-state index in [0.29, 0.717) is 10.6 Å². The summed E-state index contributed by atoms with van der Waals surface area (Å²) in [5.74, 6) is 2.68. The Morgan fingerprint density at radius 1 is 1.36 bits per heavy atom. The molecule has 0 fully saturated rings. The quantitative estimate of drug-likeness (QED) is 0.752. The van der Waals surface area contributed by atoms with E-state index in [4.69, 9.17) is 16.7 Å². The number of amides is 1. The second kappa shape index (κ2) is 7.97. The first-order valence-corrected chi connectivity index (χ1v) is 9.38. The molecule has 2 aromatic carbocycles. The van der Waals surface area contributed by atoms with Crippen LogP contribution >= 0.6 is 11.6 Å². The van der Waals surface area contributed by atoms with Crippen LogP contribution in [0.3, 0.4) is 0 Å². The molecule has 25 heavy (non-hydrogen) atoms. The average Bonchev–Trinajstić information content (AvgIpc) is 2.58. The Balaban J connectivity index is 2.25. The number of carbonyl (C=O) groups is 1.